The lowest BCUT2D eigenvalue weighted by atomic mass is 9.99. The summed E-state index contributed by atoms with van der Waals surface area (Å²) in [6, 6.07) is 15.8. The van der Waals surface area contributed by atoms with Gasteiger partial charge in [0.15, 0.2) is 6.29 Å². The van der Waals surface area contributed by atoms with E-state index in [9.17, 15) is 9.90 Å². The number of aliphatic hydroxyl groups excluding tert-OH is 1. The second-order valence-corrected chi connectivity index (χ2v) is 12.5. The first-order valence-corrected chi connectivity index (χ1v) is 17.2. The molecule has 0 aliphatic carbocycles. The maximum atomic E-state index is 12.7. The molecule has 3 atom stereocenters. The van der Waals surface area contributed by atoms with Crippen molar-refractivity contribution in [2.24, 2.45) is 0 Å². The van der Waals surface area contributed by atoms with Crippen molar-refractivity contribution < 1.29 is 19.4 Å². The number of rotatable bonds is 22. The second kappa shape index (κ2) is 21.3. The number of ether oxygens (including phenoxy) is 2. The summed E-state index contributed by atoms with van der Waals surface area (Å²) in [5, 5.41) is 12.5. The fourth-order valence-electron chi connectivity index (χ4n) is 5.97. The Morgan fingerprint density at radius 2 is 1.55 bits per heavy atom. The van der Waals surface area contributed by atoms with Gasteiger partial charge < -0.3 is 24.8 Å². The number of carbonyl (C=O) groups excluding carboxylic acids is 1. The van der Waals surface area contributed by atoms with E-state index in [1.54, 1.807) is 0 Å². The highest BCUT2D eigenvalue weighted by atomic mass is 16.7. The van der Waals surface area contributed by atoms with Crippen molar-refractivity contribution >= 4 is 11.6 Å². The number of unbranched alkanes of at least 4 members (excludes halogenated alkanes) is 12. The van der Waals surface area contributed by atoms with Crippen LogP contribution in [0.3, 0.4) is 0 Å². The zero-order valence-corrected chi connectivity index (χ0v) is 27.5. The molecule has 1 fully saturated rings. The van der Waals surface area contributed by atoms with Gasteiger partial charge in [0.1, 0.15) is 0 Å². The van der Waals surface area contributed by atoms with Gasteiger partial charge in [-0.2, -0.15) is 0 Å². The minimum absolute atomic E-state index is 0.0182. The molecule has 3 rings (SSSR count). The van der Waals surface area contributed by atoms with E-state index in [1.807, 2.05) is 54.6 Å². The predicted molar refractivity (Wildman–Crippen MR) is 181 cm³/mol. The van der Waals surface area contributed by atoms with Crippen LogP contribution in [0, 0.1) is 0 Å². The molecule has 6 heteroatoms. The molecule has 2 aromatic rings. The van der Waals surface area contributed by atoms with E-state index < -0.39 is 6.29 Å². The number of amides is 1. The lowest BCUT2D eigenvalue weighted by Gasteiger charge is -2.37. The molecule has 0 radical (unpaired) electrons. The van der Waals surface area contributed by atoms with Gasteiger partial charge in [0, 0.05) is 37.2 Å². The Morgan fingerprint density at radius 1 is 0.909 bits per heavy atom. The summed E-state index contributed by atoms with van der Waals surface area (Å²) in [6.07, 6.45) is 19.3. The number of aliphatic hydroxyl groups is 1. The zero-order valence-electron chi connectivity index (χ0n) is 27.5. The van der Waals surface area contributed by atoms with Crippen molar-refractivity contribution in [2.75, 3.05) is 25.5 Å². The first-order chi connectivity index (χ1) is 21.5. The quantitative estimate of drug-likeness (QED) is 0.103. The third-order valence-corrected chi connectivity index (χ3v) is 8.52. The number of likely N-dealkylation sites (N-methyl/N-ethyl adjacent to an activating group) is 1. The third kappa shape index (κ3) is 13.6. The van der Waals surface area contributed by atoms with E-state index in [0.717, 1.165) is 54.7 Å². The molecule has 1 unspecified atom stereocenters. The minimum Gasteiger partial charge on any atom is -0.392 e. The van der Waals surface area contributed by atoms with Crippen LogP contribution < -0.4 is 5.32 Å². The van der Waals surface area contributed by atoms with Crippen LogP contribution in [0.25, 0.3) is 0 Å². The maximum Gasteiger partial charge on any atom is 0.224 e. The smallest absolute Gasteiger partial charge is 0.224 e. The van der Waals surface area contributed by atoms with E-state index >= 15 is 0 Å². The van der Waals surface area contributed by atoms with Crippen molar-refractivity contribution in [3.05, 3.63) is 77.9 Å². The molecular weight excluding hydrogens is 548 g/mol. The summed E-state index contributed by atoms with van der Waals surface area (Å²) < 4.78 is 12.9. The number of carbonyl (C=O) groups is 1. The van der Waals surface area contributed by atoms with Crippen LogP contribution in [-0.2, 0) is 20.9 Å². The van der Waals surface area contributed by atoms with Gasteiger partial charge in [-0.25, -0.2) is 0 Å². The minimum atomic E-state index is -0.550. The maximum absolute atomic E-state index is 12.7. The summed E-state index contributed by atoms with van der Waals surface area (Å²) >= 11 is 0. The summed E-state index contributed by atoms with van der Waals surface area (Å²) in [5.41, 5.74) is 3.59. The normalized spacial score (nSPS) is 18.4. The third-order valence-electron chi connectivity index (χ3n) is 8.52. The van der Waals surface area contributed by atoms with E-state index in [4.69, 9.17) is 9.47 Å². The van der Waals surface area contributed by atoms with Crippen molar-refractivity contribution in [1.29, 1.82) is 0 Å². The van der Waals surface area contributed by atoms with Crippen LogP contribution in [-0.4, -0.2) is 42.2 Å². The summed E-state index contributed by atoms with van der Waals surface area (Å²) in [4.78, 5) is 14.9. The number of anilines is 1. The zero-order chi connectivity index (χ0) is 31.4. The molecule has 244 valence electrons. The van der Waals surface area contributed by atoms with Gasteiger partial charge in [-0.1, -0.05) is 126 Å². The monoisotopic (exact) mass is 606 g/mol. The first kappa shape index (κ1) is 36.0. The second-order valence-electron chi connectivity index (χ2n) is 12.5. The van der Waals surface area contributed by atoms with Crippen molar-refractivity contribution in [1.82, 2.24) is 4.90 Å². The lowest BCUT2D eigenvalue weighted by Crippen LogP contribution is -2.37. The van der Waals surface area contributed by atoms with Crippen LogP contribution in [0.4, 0.5) is 5.69 Å². The summed E-state index contributed by atoms with van der Waals surface area (Å²) in [5.74, 6) is 0.0569. The standard InChI is InChI=1S/C38H58N2O4/c1-4-6-7-8-9-10-11-12-13-14-15-16-17-21-37(42)39-34-20-18-19-33(27-34)38-43-35(29-40(3)26-5-2)28-36(44-38)32-24-22-31(30-41)23-25-32/h5,18-20,22-25,27,35-36,38,41H,2,4,6-17,21,26,28-30H2,1,3H3,(H,39,42)/t35-,36+,38?/m0/s1. The molecule has 1 aliphatic heterocycles. The van der Waals surface area contributed by atoms with Crippen LogP contribution in [0.15, 0.2) is 61.2 Å². The molecule has 1 saturated heterocycles. The highest BCUT2D eigenvalue weighted by Gasteiger charge is 2.32. The Bertz CT molecular complexity index is 1070. The van der Waals surface area contributed by atoms with Gasteiger partial charge in [-0.3, -0.25) is 4.79 Å². The first-order valence-electron chi connectivity index (χ1n) is 17.2. The SMILES string of the molecule is C=CCN(C)C[C@@H]1C[C@H](c2ccc(CO)cc2)OC(c2cccc(NC(=O)CCCCCCCCCCCCCCC)c2)O1. The van der Waals surface area contributed by atoms with Crippen LogP contribution in [0.2, 0.25) is 0 Å². The van der Waals surface area contributed by atoms with Crippen LogP contribution >= 0.6 is 0 Å². The van der Waals surface area contributed by atoms with Crippen molar-refractivity contribution in [3.63, 3.8) is 0 Å². The highest BCUT2D eigenvalue weighted by Crippen LogP contribution is 2.38. The number of nitrogens with one attached hydrogen (secondary N) is 1. The lowest BCUT2D eigenvalue weighted by molar-refractivity contribution is -0.252. The Kier molecular flexibility index (Phi) is 17.4. The van der Waals surface area contributed by atoms with E-state index in [1.165, 1.54) is 70.6 Å². The molecule has 0 spiro atoms. The molecule has 1 aliphatic rings. The topological polar surface area (TPSA) is 71.0 Å². The van der Waals surface area contributed by atoms with E-state index in [-0.39, 0.29) is 24.7 Å². The van der Waals surface area contributed by atoms with Gasteiger partial charge in [0.2, 0.25) is 5.91 Å². The highest BCUT2D eigenvalue weighted by molar-refractivity contribution is 5.90. The largest absolute Gasteiger partial charge is 0.392 e. The van der Waals surface area contributed by atoms with Crippen molar-refractivity contribution in [3.8, 4) is 0 Å². The Labute approximate surface area is 267 Å². The molecule has 44 heavy (non-hydrogen) atoms. The van der Waals surface area contributed by atoms with E-state index in [0.29, 0.717) is 6.42 Å². The van der Waals surface area contributed by atoms with Gasteiger partial charge in [-0.05, 0) is 36.7 Å². The molecule has 2 N–H and O–H groups in total. The molecule has 0 saturated carbocycles. The van der Waals surface area contributed by atoms with Gasteiger partial charge in [-0.15, -0.1) is 6.58 Å². The fourth-order valence-corrected chi connectivity index (χ4v) is 5.97. The molecule has 1 amide bonds. The number of nitrogens with zero attached hydrogens (tertiary/aromatic N) is 1. The molecule has 1 heterocycles. The fraction of sp³-hybridized carbons (Fsp3) is 0.605. The number of hydrogen-bond acceptors (Lipinski definition) is 5. The van der Waals surface area contributed by atoms with Gasteiger partial charge in [0.25, 0.3) is 0 Å². The number of hydrogen-bond donors (Lipinski definition) is 2. The average Bonchev–Trinajstić information content (AvgIpc) is 3.03. The van der Waals surface area contributed by atoms with Crippen LogP contribution in [0.1, 0.15) is 132 Å². The average molecular weight is 607 g/mol. The van der Waals surface area contributed by atoms with Gasteiger partial charge in [0.05, 0.1) is 18.8 Å². The Morgan fingerprint density at radius 3 is 2.16 bits per heavy atom. The predicted octanol–water partition coefficient (Wildman–Crippen LogP) is 9.26. The Hall–Kier alpha value is -2.51. The van der Waals surface area contributed by atoms with Gasteiger partial charge >= 0.3 is 0 Å². The van der Waals surface area contributed by atoms with Crippen molar-refractivity contribution in [2.45, 2.75) is 128 Å². The Balaban J connectivity index is 1.44. The summed E-state index contributed by atoms with van der Waals surface area (Å²) in [7, 11) is 2.06. The van der Waals surface area contributed by atoms with E-state index in [2.05, 4.69) is 30.8 Å². The molecule has 6 nitrogen and oxygen atoms in total. The number of benzene rings is 2. The molecule has 2 aromatic carbocycles. The van der Waals surface area contributed by atoms with Crippen LogP contribution in [0.5, 0.6) is 0 Å². The molecule has 0 aromatic heterocycles. The molecular formula is C38H58N2O4. The molecule has 0 bridgehead atoms. The summed E-state index contributed by atoms with van der Waals surface area (Å²) in [6.45, 7) is 7.68.